The Labute approximate surface area is 91.6 Å². The summed E-state index contributed by atoms with van der Waals surface area (Å²) >= 11 is 0. The van der Waals surface area contributed by atoms with Crippen LogP contribution in [0.5, 0.6) is 5.75 Å². The first-order valence-corrected chi connectivity index (χ1v) is 5.71. The molecule has 1 N–H and O–H groups in total. The molecular formula is C13H19NO. The first-order valence-electron chi connectivity index (χ1n) is 5.71. The smallest absolute Gasteiger partial charge is 0.124 e. The molecular weight excluding hydrogens is 186 g/mol. The van der Waals surface area contributed by atoms with Crippen LogP contribution in [-0.4, -0.2) is 13.2 Å². The normalized spacial score (nSPS) is 15.1. The van der Waals surface area contributed by atoms with Gasteiger partial charge in [-0.05, 0) is 30.5 Å². The van der Waals surface area contributed by atoms with Crippen molar-refractivity contribution in [3.05, 3.63) is 29.3 Å². The summed E-state index contributed by atoms with van der Waals surface area (Å²) in [5, 5.41) is 3.39. The fraction of sp³-hybridized carbons (Fsp3) is 0.538. The third-order valence-electron chi connectivity index (χ3n) is 2.68. The van der Waals surface area contributed by atoms with Gasteiger partial charge in [-0.15, -0.1) is 0 Å². The van der Waals surface area contributed by atoms with Crippen LogP contribution in [0.4, 0.5) is 0 Å². The number of rotatable bonds is 3. The molecule has 0 fully saturated rings. The van der Waals surface area contributed by atoms with Gasteiger partial charge in [-0.25, -0.2) is 0 Å². The summed E-state index contributed by atoms with van der Waals surface area (Å²) in [7, 11) is 0. The molecule has 0 saturated heterocycles. The SMILES string of the molecule is CC(C)COc1cccc2c1CNCC2. The predicted molar refractivity (Wildman–Crippen MR) is 62.2 cm³/mol. The van der Waals surface area contributed by atoms with Crippen LogP contribution in [0.25, 0.3) is 0 Å². The Morgan fingerprint density at radius 3 is 3.07 bits per heavy atom. The van der Waals surface area contributed by atoms with E-state index < -0.39 is 0 Å². The van der Waals surface area contributed by atoms with Crippen molar-refractivity contribution < 1.29 is 4.74 Å². The van der Waals surface area contributed by atoms with Gasteiger partial charge in [0.2, 0.25) is 0 Å². The van der Waals surface area contributed by atoms with E-state index in [1.807, 2.05) is 0 Å². The molecule has 0 aromatic heterocycles. The van der Waals surface area contributed by atoms with Crippen LogP contribution in [0.3, 0.4) is 0 Å². The van der Waals surface area contributed by atoms with Gasteiger partial charge < -0.3 is 10.1 Å². The van der Waals surface area contributed by atoms with Crippen LogP contribution in [-0.2, 0) is 13.0 Å². The number of ether oxygens (including phenoxy) is 1. The zero-order valence-corrected chi connectivity index (χ0v) is 9.55. The Morgan fingerprint density at radius 1 is 1.40 bits per heavy atom. The lowest BCUT2D eigenvalue weighted by Crippen LogP contribution is -2.24. The molecule has 0 saturated carbocycles. The average molecular weight is 205 g/mol. The van der Waals surface area contributed by atoms with E-state index in [0.29, 0.717) is 5.92 Å². The lowest BCUT2D eigenvalue weighted by atomic mass is 10.0. The zero-order valence-electron chi connectivity index (χ0n) is 9.55. The molecule has 1 aromatic rings. The number of nitrogens with one attached hydrogen (secondary N) is 1. The second-order valence-electron chi connectivity index (χ2n) is 4.53. The highest BCUT2D eigenvalue weighted by atomic mass is 16.5. The first kappa shape index (κ1) is 10.5. The molecule has 1 aromatic carbocycles. The minimum atomic E-state index is 0.581. The number of hydrogen-bond acceptors (Lipinski definition) is 2. The quantitative estimate of drug-likeness (QED) is 0.818. The molecule has 0 unspecified atom stereocenters. The molecule has 1 heterocycles. The molecule has 1 aliphatic rings. The molecule has 2 heteroatoms. The lowest BCUT2D eigenvalue weighted by Gasteiger charge is -2.20. The zero-order chi connectivity index (χ0) is 10.7. The highest BCUT2D eigenvalue weighted by molar-refractivity contribution is 5.41. The highest BCUT2D eigenvalue weighted by Gasteiger charge is 2.13. The standard InChI is InChI=1S/C13H19NO/c1-10(2)9-15-13-5-3-4-11-6-7-14-8-12(11)13/h3-5,10,14H,6-9H2,1-2H3. The van der Waals surface area contributed by atoms with Crippen molar-refractivity contribution in [3.8, 4) is 5.75 Å². The largest absolute Gasteiger partial charge is 0.493 e. The van der Waals surface area contributed by atoms with Gasteiger partial charge in [-0.1, -0.05) is 26.0 Å². The van der Waals surface area contributed by atoms with E-state index in [4.69, 9.17) is 4.74 Å². The molecule has 0 radical (unpaired) electrons. The molecule has 0 spiro atoms. The van der Waals surface area contributed by atoms with Crippen molar-refractivity contribution in [2.75, 3.05) is 13.2 Å². The summed E-state index contributed by atoms with van der Waals surface area (Å²) in [4.78, 5) is 0. The Kier molecular flexibility index (Phi) is 3.27. The van der Waals surface area contributed by atoms with Crippen LogP contribution in [0.2, 0.25) is 0 Å². The fourth-order valence-electron chi connectivity index (χ4n) is 1.87. The van der Waals surface area contributed by atoms with E-state index in [1.54, 1.807) is 0 Å². The van der Waals surface area contributed by atoms with E-state index in [-0.39, 0.29) is 0 Å². The van der Waals surface area contributed by atoms with Crippen LogP contribution >= 0.6 is 0 Å². The highest BCUT2D eigenvalue weighted by Crippen LogP contribution is 2.25. The van der Waals surface area contributed by atoms with Crippen molar-refractivity contribution in [2.45, 2.75) is 26.8 Å². The van der Waals surface area contributed by atoms with Crippen molar-refractivity contribution in [1.29, 1.82) is 0 Å². The van der Waals surface area contributed by atoms with Gasteiger partial charge in [0.25, 0.3) is 0 Å². The van der Waals surface area contributed by atoms with Crippen LogP contribution < -0.4 is 10.1 Å². The van der Waals surface area contributed by atoms with E-state index in [1.165, 1.54) is 11.1 Å². The van der Waals surface area contributed by atoms with Gasteiger partial charge in [-0.3, -0.25) is 0 Å². The number of fused-ring (bicyclic) bond motifs is 1. The van der Waals surface area contributed by atoms with Gasteiger partial charge in [0, 0.05) is 12.1 Å². The van der Waals surface area contributed by atoms with Crippen molar-refractivity contribution >= 4 is 0 Å². The summed E-state index contributed by atoms with van der Waals surface area (Å²) in [5.74, 6) is 1.64. The minimum absolute atomic E-state index is 0.581. The van der Waals surface area contributed by atoms with Gasteiger partial charge in [0.05, 0.1) is 6.61 Å². The molecule has 1 aliphatic heterocycles. The molecule has 0 amide bonds. The molecule has 2 rings (SSSR count). The van der Waals surface area contributed by atoms with Gasteiger partial charge in [-0.2, -0.15) is 0 Å². The summed E-state index contributed by atoms with van der Waals surface area (Å²) in [6.45, 7) is 7.18. The van der Waals surface area contributed by atoms with Crippen LogP contribution in [0, 0.1) is 5.92 Å². The Balaban J connectivity index is 2.16. The predicted octanol–water partition coefficient (Wildman–Crippen LogP) is 2.37. The second-order valence-corrected chi connectivity index (χ2v) is 4.53. The Hall–Kier alpha value is -1.02. The third kappa shape index (κ3) is 2.51. The molecule has 2 nitrogen and oxygen atoms in total. The summed E-state index contributed by atoms with van der Waals surface area (Å²) in [5.41, 5.74) is 2.79. The topological polar surface area (TPSA) is 21.3 Å². The number of hydrogen-bond donors (Lipinski definition) is 1. The van der Waals surface area contributed by atoms with Crippen molar-refractivity contribution in [3.63, 3.8) is 0 Å². The first-order chi connectivity index (χ1) is 7.27. The summed E-state index contributed by atoms with van der Waals surface area (Å²) in [6.07, 6.45) is 1.12. The van der Waals surface area contributed by atoms with Crippen LogP contribution in [0.15, 0.2) is 18.2 Å². The second kappa shape index (κ2) is 4.67. The maximum atomic E-state index is 5.83. The summed E-state index contributed by atoms with van der Waals surface area (Å²) < 4.78 is 5.83. The molecule has 82 valence electrons. The van der Waals surface area contributed by atoms with Crippen LogP contribution in [0.1, 0.15) is 25.0 Å². The van der Waals surface area contributed by atoms with E-state index in [9.17, 15) is 0 Å². The van der Waals surface area contributed by atoms with Gasteiger partial charge in [0.1, 0.15) is 5.75 Å². The number of benzene rings is 1. The van der Waals surface area contributed by atoms with Gasteiger partial charge >= 0.3 is 0 Å². The molecule has 15 heavy (non-hydrogen) atoms. The third-order valence-corrected chi connectivity index (χ3v) is 2.68. The van der Waals surface area contributed by atoms with E-state index in [2.05, 4.69) is 37.4 Å². The fourth-order valence-corrected chi connectivity index (χ4v) is 1.87. The Bertz CT molecular complexity index is 333. The van der Waals surface area contributed by atoms with Crippen molar-refractivity contribution in [2.24, 2.45) is 5.92 Å². The van der Waals surface area contributed by atoms with E-state index in [0.717, 1.165) is 31.9 Å². The van der Waals surface area contributed by atoms with E-state index >= 15 is 0 Å². The Morgan fingerprint density at radius 2 is 2.27 bits per heavy atom. The molecule has 0 atom stereocenters. The maximum absolute atomic E-state index is 5.83. The maximum Gasteiger partial charge on any atom is 0.124 e. The molecule has 0 bridgehead atoms. The lowest BCUT2D eigenvalue weighted by molar-refractivity contribution is 0.267. The monoisotopic (exact) mass is 205 g/mol. The molecule has 0 aliphatic carbocycles. The summed E-state index contributed by atoms with van der Waals surface area (Å²) in [6, 6.07) is 6.38. The van der Waals surface area contributed by atoms with Gasteiger partial charge in [0.15, 0.2) is 0 Å². The minimum Gasteiger partial charge on any atom is -0.493 e. The van der Waals surface area contributed by atoms with Crippen molar-refractivity contribution in [1.82, 2.24) is 5.32 Å². The average Bonchev–Trinajstić information content (AvgIpc) is 2.26.